The Hall–Kier alpha value is -1.58. The maximum Gasteiger partial charge on any atom is 0.119 e. The highest BCUT2D eigenvalue weighted by Crippen LogP contribution is 2.17. The van der Waals surface area contributed by atoms with Crippen molar-refractivity contribution in [2.24, 2.45) is 0 Å². The highest BCUT2D eigenvalue weighted by atomic mass is 14.9. The molecule has 0 saturated carbocycles. The van der Waals surface area contributed by atoms with E-state index in [4.69, 9.17) is 0 Å². The smallest absolute Gasteiger partial charge is 0.119 e. The zero-order valence-electron chi connectivity index (χ0n) is 7.44. The summed E-state index contributed by atoms with van der Waals surface area (Å²) >= 11 is 0. The topological polar surface area (TPSA) is 41.6 Å². The van der Waals surface area contributed by atoms with E-state index in [0.29, 0.717) is 5.82 Å². The summed E-state index contributed by atoms with van der Waals surface area (Å²) in [6.07, 6.45) is 7.26. The molecule has 2 aromatic rings. The predicted molar refractivity (Wildman–Crippen MR) is 53.2 cm³/mol. The number of rotatable bonds is 2. The van der Waals surface area contributed by atoms with Crippen molar-refractivity contribution in [2.45, 2.75) is 5.82 Å². The number of nitrogens with zero attached hydrogens (tertiary/aromatic N) is 2. The first kappa shape index (κ1) is 8.04. The van der Waals surface area contributed by atoms with Crippen LogP contribution in [0.5, 0.6) is 0 Å². The van der Waals surface area contributed by atoms with Crippen LogP contribution in [0.3, 0.4) is 0 Å². The first-order valence-electron chi connectivity index (χ1n) is 4.26. The maximum absolute atomic E-state index is 4.21. The summed E-state index contributed by atoms with van der Waals surface area (Å²) in [5, 5.41) is 0. The normalized spacial score (nSPS) is 12.6. The fourth-order valence-corrected chi connectivity index (χ4v) is 1.31. The molecular weight excluding hydrogens is 161 g/mol. The van der Waals surface area contributed by atoms with E-state index >= 15 is 0 Å². The molecule has 0 aromatic carbocycles. The molecule has 0 saturated heterocycles. The largest absolute Gasteiger partial charge is 0.351 e. The van der Waals surface area contributed by atoms with Gasteiger partial charge in [-0.2, -0.15) is 0 Å². The SMILES string of the molecule is BC(c1cccnc1)c1c[nH]cn1. The van der Waals surface area contributed by atoms with Gasteiger partial charge in [0.25, 0.3) is 0 Å². The van der Waals surface area contributed by atoms with E-state index in [1.165, 1.54) is 5.56 Å². The average Bonchev–Trinajstić information content (AvgIpc) is 2.71. The van der Waals surface area contributed by atoms with Gasteiger partial charge in [-0.15, -0.1) is 0 Å². The van der Waals surface area contributed by atoms with Gasteiger partial charge in [0.1, 0.15) is 7.85 Å². The summed E-state index contributed by atoms with van der Waals surface area (Å²) in [5.41, 5.74) is 2.24. The summed E-state index contributed by atoms with van der Waals surface area (Å²) in [6.45, 7) is 0. The van der Waals surface area contributed by atoms with E-state index in [1.807, 2.05) is 18.5 Å². The van der Waals surface area contributed by atoms with Crippen molar-refractivity contribution < 1.29 is 0 Å². The Labute approximate surface area is 77.7 Å². The fraction of sp³-hybridized carbons (Fsp3) is 0.111. The lowest BCUT2D eigenvalue weighted by atomic mass is 9.80. The Kier molecular flexibility index (Phi) is 2.12. The number of pyridine rings is 1. The van der Waals surface area contributed by atoms with Crippen molar-refractivity contribution in [1.29, 1.82) is 0 Å². The van der Waals surface area contributed by atoms with Gasteiger partial charge in [0.15, 0.2) is 0 Å². The van der Waals surface area contributed by atoms with Crippen molar-refractivity contribution in [1.82, 2.24) is 15.0 Å². The Morgan fingerprint density at radius 2 is 2.38 bits per heavy atom. The van der Waals surface area contributed by atoms with E-state index in [-0.39, 0.29) is 0 Å². The van der Waals surface area contributed by atoms with Crippen LogP contribution in [0, 0.1) is 0 Å². The van der Waals surface area contributed by atoms with E-state index in [1.54, 1.807) is 12.5 Å². The van der Waals surface area contributed by atoms with E-state index < -0.39 is 0 Å². The molecule has 1 N–H and O–H groups in total. The minimum absolute atomic E-state index is 0.306. The highest BCUT2D eigenvalue weighted by molar-refractivity contribution is 6.14. The summed E-state index contributed by atoms with van der Waals surface area (Å²) in [4.78, 5) is 11.2. The average molecular weight is 171 g/mol. The summed E-state index contributed by atoms with van der Waals surface area (Å²) in [5.74, 6) is 0.306. The van der Waals surface area contributed by atoms with Gasteiger partial charge in [0.2, 0.25) is 0 Å². The van der Waals surface area contributed by atoms with Crippen LogP contribution in [0.1, 0.15) is 17.1 Å². The van der Waals surface area contributed by atoms with Crippen LogP contribution in [-0.4, -0.2) is 22.8 Å². The summed E-state index contributed by atoms with van der Waals surface area (Å²) < 4.78 is 0. The second-order valence-electron chi connectivity index (χ2n) is 3.00. The quantitative estimate of drug-likeness (QED) is 0.669. The molecule has 0 spiro atoms. The van der Waals surface area contributed by atoms with Crippen LogP contribution in [0.15, 0.2) is 37.1 Å². The van der Waals surface area contributed by atoms with Crippen molar-refractivity contribution in [3.05, 3.63) is 48.3 Å². The van der Waals surface area contributed by atoms with Gasteiger partial charge < -0.3 is 4.98 Å². The van der Waals surface area contributed by atoms with Crippen LogP contribution in [0.4, 0.5) is 0 Å². The molecule has 3 nitrogen and oxygen atoms in total. The predicted octanol–water partition coefficient (Wildman–Crippen LogP) is 0.527. The molecule has 0 bridgehead atoms. The van der Waals surface area contributed by atoms with Crippen molar-refractivity contribution in [3.8, 4) is 0 Å². The highest BCUT2D eigenvalue weighted by Gasteiger charge is 2.09. The van der Waals surface area contributed by atoms with Gasteiger partial charge >= 0.3 is 0 Å². The van der Waals surface area contributed by atoms with E-state index in [2.05, 4.69) is 28.9 Å². The van der Waals surface area contributed by atoms with Gasteiger partial charge in [-0.1, -0.05) is 6.07 Å². The molecule has 0 aliphatic carbocycles. The molecule has 0 aliphatic rings. The summed E-state index contributed by atoms with van der Waals surface area (Å²) in [6, 6.07) is 4.00. The van der Waals surface area contributed by atoms with Crippen molar-refractivity contribution >= 4 is 7.85 Å². The Bertz CT molecular complexity index is 358. The van der Waals surface area contributed by atoms with Crippen LogP contribution >= 0.6 is 0 Å². The molecule has 64 valence electrons. The van der Waals surface area contributed by atoms with Gasteiger partial charge in [0, 0.05) is 18.6 Å². The van der Waals surface area contributed by atoms with Crippen LogP contribution < -0.4 is 0 Å². The summed E-state index contributed by atoms with van der Waals surface area (Å²) in [7, 11) is 2.12. The Morgan fingerprint density at radius 1 is 1.46 bits per heavy atom. The lowest BCUT2D eigenvalue weighted by Gasteiger charge is -2.06. The first-order valence-corrected chi connectivity index (χ1v) is 4.26. The number of nitrogens with one attached hydrogen (secondary N) is 1. The maximum atomic E-state index is 4.21. The van der Waals surface area contributed by atoms with Gasteiger partial charge in [-0.05, 0) is 17.4 Å². The number of hydrogen-bond donors (Lipinski definition) is 1. The molecule has 2 aromatic heterocycles. The third-order valence-electron chi connectivity index (χ3n) is 2.15. The number of H-pyrrole nitrogens is 1. The number of aromatic amines is 1. The third kappa shape index (κ3) is 1.61. The molecule has 2 rings (SSSR count). The van der Waals surface area contributed by atoms with Gasteiger partial charge in [-0.25, -0.2) is 4.98 Å². The molecule has 0 radical (unpaired) electrons. The molecule has 1 unspecified atom stereocenters. The minimum atomic E-state index is 0.306. The van der Waals surface area contributed by atoms with Crippen LogP contribution in [-0.2, 0) is 0 Å². The Balaban J connectivity index is 2.29. The van der Waals surface area contributed by atoms with Crippen LogP contribution in [0.2, 0.25) is 0 Å². The molecular formula is C9H10BN3. The zero-order chi connectivity index (χ0) is 9.10. The zero-order valence-corrected chi connectivity index (χ0v) is 7.44. The lowest BCUT2D eigenvalue weighted by molar-refractivity contribution is 1.05. The van der Waals surface area contributed by atoms with Crippen molar-refractivity contribution in [3.63, 3.8) is 0 Å². The second kappa shape index (κ2) is 3.43. The second-order valence-corrected chi connectivity index (χ2v) is 3.00. The van der Waals surface area contributed by atoms with E-state index in [0.717, 1.165) is 5.69 Å². The molecule has 0 aliphatic heterocycles. The minimum Gasteiger partial charge on any atom is -0.351 e. The molecule has 4 heteroatoms. The third-order valence-corrected chi connectivity index (χ3v) is 2.15. The number of imidazole rings is 1. The molecule has 0 amide bonds. The van der Waals surface area contributed by atoms with Gasteiger partial charge in [-0.3, -0.25) is 4.98 Å². The van der Waals surface area contributed by atoms with Crippen LogP contribution in [0.25, 0.3) is 0 Å². The monoisotopic (exact) mass is 171 g/mol. The standard InChI is InChI=1S/C9H10BN3/c10-9(8-5-12-6-13-8)7-2-1-3-11-4-7/h1-6,9H,10H2,(H,12,13). The fourth-order valence-electron chi connectivity index (χ4n) is 1.31. The molecule has 13 heavy (non-hydrogen) atoms. The molecule has 2 heterocycles. The van der Waals surface area contributed by atoms with Crippen molar-refractivity contribution in [2.75, 3.05) is 0 Å². The Morgan fingerprint density at radius 3 is 3.00 bits per heavy atom. The van der Waals surface area contributed by atoms with Gasteiger partial charge in [0.05, 0.1) is 12.0 Å². The number of aromatic nitrogens is 3. The first-order chi connectivity index (χ1) is 6.38. The number of hydrogen-bond acceptors (Lipinski definition) is 2. The lowest BCUT2D eigenvalue weighted by Crippen LogP contribution is -2.00. The molecule has 1 atom stereocenters. The van der Waals surface area contributed by atoms with E-state index in [9.17, 15) is 0 Å². The molecule has 0 fully saturated rings.